The van der Waals surface area contributed by atoms with E-state index in [9.17, 15) is 4.79 Å². The summed E-state index contributed by atoms with van der Waals surface area (Å²) in [6.45, 7) is 4.85. The first-order valence-electron chi connectivity index (χ1n) is 5.63. The normalized spacial score (nSPS) is 39.9. The molecule has 1 fully saturated rings. The summed E-state index contributed by atoms with van der Waals surface area (Å²) in [5.74, 6) is 1.37. The van der Waals surface area contributed by atoms with E-state index in [0.29, 0.717) is 11.8 Å². The van der Waals surface area contributed by atoms with Crippen LogP contribution in [0.1, 0.15) is 33.1 Å². The van der Waals surface area contributed by atoms with Crippen molar-refractivity contribution in [3.05, 3.63) is 12.2 Å². The molecule has 0 spiro atoms. The first kappa shape index (κ1) is 9.75. The molecular formula is C12H19NO. The van der Waals surface area contributed by atoms with Crippen LogP contribution in [0.3, 0.4) is 0 Å². The van der Waals surface area contributed by atoms with Crippen molar-refractivity contribution in [2.24, 2.45) is 17.3 Å². The number of rotatable bonds is 2. The van der Waals surface area contributed by atoms with Crippen molar-refractivity contribution in [2.75, 3.05) is 6.54 Å². The first-order chi connectivity index (χ1) is 6.66. The third-order valence-corrected chi connectivity index (χ3v) is 3.82. The number of carbonyl (C=O) groups is 1. The lowest BCUT2D eigenvalue weighted by Gasteiger charge is -2.45. The van der Waals surface area contributed by atoms with Crippen molar-refractivity contribution in [1.82, 2.24) is 5.32 Å². The lowest BCUT2D eigenvalue weighted by atomic mass is 9.60. The Hall–Kier alpha value is -0.790. The van der Waals surface area contributed by atoms with Crippen molar-refractivity contribution in [2.45, 2.75) is 33.1 Å². The van der Waals surface area contributed by atoms with Gasteiger partial charge in [-0.25, -0.2) is 0 Å². The zero-order valence-corrected chi connectivity index (χ0v) is 9.05. The predicted octanol–water partition coefficient (Wildman–Crippen LogP) is 2.11. The molecule has 2 heteroatoms. The van der Waals surface area contributed by atoms with Gasteiger partial charge in [0.2, 0.25) is 5.91 Å². The summed E-state index contributed by atoms with van der Waals surface area (Å²) in [7, 11) is 0. The van der Waals surface area contributed by atoms with Crippen LogP contribution in [0.15, 0.2) is 12.2 Å². The molecule has 2 bridgehead atoms. The van der Waals surface area contributed by atoms with Gasteiger partial charge in [-0.05, 0) is 38.0 Å². The number of nitrogens with one attached hydrogen (secondary N) is 1. The van der Waals surface area contributed by atoms with Crippen LogP contribution in [0, 0.1) is 17.3 Å². The van der Waals surface area contributed by atoms with Gasteiger partial charge in [0, 0.05) is 6.54 Å². The molecule has 0 radical (unpaired) electrons. The van der Waals surface area contributed by atoms with Crippen molar-refractivity contribution >= 4 is 5.91 Å². The van der Waals surface area contributed by atoms with Gasteiger partial charge in [0.1, 0.15) is 0 Å². The summed E-state index contributed by atoms with van der Waals surface area (Å²) in [5.41, 5.74) is -0.131. The van der Waals surface area contributed by atoms with Gasteiger partial charge >= 0.3 is 0 Å². The second kappa shape index (κ2) is 3.41. The topological polar surface area (TPSA) is 29.1 Å². The quantitative estimate of drug-likeness (QED) is 0.669. The highest BCUT2D eigenvalue weighted by molar-refractivity contribution is 5.83. The highest BCUT2D eigenvalue weighted by Gasteiger charge is 2.46. The summed E-state index contributed by atoms with van der Waals surface area (Å²) in [6.07, 6.45) is 8.06. The SMILES string of the molecule is CCNC(=O)C1(C)CC2C=CC1CC2. The van der Waals surface area contributed by atoms with E-state index in [1.807, 2.05) is 6.92 Å². The number of fused-ring (bicyclic) bond motifs is 2. The Balaban J connectivity index is 2.17. The van der Waals surface area contributed by atoms with E-state index in [4.69, 9.17) is 0 Å². The predicted molar refractivity (Wildman–Crippen MR) is 56.8 cm³/mol. The van der Waals surface area contributed by atoms with Gasteiger partial charge in [0.05, 0.1) is 5.41 Å². The van der Waals surface area contributed by atoms with Crippen molar-refractivity contribution in [3.63, 3.8) is 0 Å². The summed E-state index contributed by atoms with van der Waals surface area (Å²) in [6, 6.07) is 0. The molecule has 2 nitrogen and oxygen atoms in total. The maximum atomic E-state index is 12.0. The van der Waals surface area contributed by atoms with Crippen molar-refractivity contribution < 1.29 is 4.79 Å². The van der Waals surface area contributed by atoms with Crippen LogP contribution in [-0.2, 0) is 4.79 Å². The second-order valence-corrected chi connectivity index (χ2v) is 4.81. The third-order valence-electron chi connectivity index (χ3n) is 3.82. The summed E-state index contributed by atoms with van der Waals surface area (Å²) >= 11 is 0. The Labute approximate surface area is 85.8 Å². The fraction of sp³-hybridized carbons (Fsp3) is 0.750. The molecule has 1 N–H and O–H groups in total. The Bertz CT molecular complexity index is 271. The van der Waals surface area contributed by atoms with Gasteiger partial charge in [0.15, 0.2) is 0 Å². The molecule has 3 rings (SSSR count). The van der Waals surface area contributed by atoms with Gasteiger partial charge in [0.25, 0.3) is 0 Å². The molecule has 78 valence electrons. The lowest BCUT2D eigenvalue weighted by molar-refractivity contribution is -0.135. The third kappa shape index (κ3) is 1.37. The van der Waals surface area contributed by atoms with Crippen LogP contribution in [0.25, 0.3) is 0 Å². The molecule has 0 aliphatic heterocycles. The van der Waals surface area contributed by atoms with E-state index < -0.39 is 0 Å². The molecule has 1 amide bonds. The summed E-state index contributed by atoms with van der Waals surface area (Å²) < 4.78 is 0. The van der Waals surface area contributed by atoms with Crippen LogP contribution in [0.2, 0.25) is 0 Å². The number of carbonyl (C=O) groups excluding carboxylic acids is 1. The van der Waals surface area contributed by atoms with Gasteiger partial charge in [-0.15, -0.1) is 0 Å². The number of amides is 1. The Morgan fingerprint density at radius 3 is 2.71 bits per heavy atom. The Morgan fingerprint density at radius 1 is 1.50 bits per heavy atom. The van der Waals surface area contributed by atoms with Crippen LogP contribution < -0.4 is 5.32 Å². The molecule has 3 aliphatic carbocycles. The molecule has 14 heavy (non-hydrogen) atoms. The maximum Gasteiger partial charge on any atom is 0.226 e. The monoisotopic (exact) mass is 193 g/mol. The van der Waals surface area contributed by atoms with E-state index in [0.717, 1.165) is 13.0 Å². The minimum Gasteiger partial charge on any atom is -0.356 e. The maximum absolute atomic E-state index is 12.0. The van der Waals surface area contributed by atoms with Crippen LogP contribution in [0.4, 0.5) is 0 Å². The number of hydrogen-bond acceptors (Lipinski definition) is 1. The minimum absolute atomic E-state index is 0.131. The Kier molecular flexibility index (Phi) is 2.38. The van der Waals surface area contributed by atoms with Gasteiger partial charge in [-0.1, -0.05) is 19.1 Å². The van der Waals surface area contributed by atoms with Crippen LogP contribution in [-0.4, -0.2) is 12.5 Å². The summed E-state index contributed by atoms with van der Waals surface area (Å²) in [5, 5.41) is 2.97. The zero-order valence-electron chi connectivity index (χ0n) is 9.05. The lowest BCUT2D eigenvalue weighted by Crippen LogP contribution is -2.48. The van der Waals surface area contributed by atoms with Crippen molar-refractivity contribution in [1.29, 1.82) is 0 Å². The molecular weight excluding hydrogens is 174 g/mol. The standard InChI is InChI=1S/C12H19NO/c1-3-13-11(14)12(2)8-9-4-6-10(12)7-5-9/h4,6,9-10H,3,5,7-8H2,1-2H3,(H,13,14). The minimum atomic E-state index is -0.131. The van der Waals surface area contributed by atoms with Crippen LogP contribution in [0.5, 0.6) is 0 Å². The smallest absolute Gasteiger partial charge is 0.226 e. The van der Waals surface area contributed by atoms with Gasteiger partial charge < -0.3 is 5.32 Å². The van der Waals surface area contributed by atoms with E-state index in [2.05, 4.69) is 24.4 Å². The number of allylic oxidation sites excluding steroid dienone is 2. The van der Waals surface area contributed by atoms with Crippen molar-refractivity contribution in [3.8, 4) is 0 Å². The highest BCUT2D eigenvalue weighted by atomic mass is 16.2. The van der Waals surface area contributed by atoms with Gasteiger partial charge in [-0.2, -0.15) is 0 Å². The molecule has 1 saturated carbocycles. The molecule has 0 saturated heterocycles. The zero-order chi connectivity index (χ0) is 10.2. The second-order valence-electron chi connectivity index (χ2n) is 4.81. The largest absolute Gasteiger partial charge is 0.356 e. The molecule has 3 atom stereocenters. The van der Waals surface area contributed by atoms with E-state index in [1.54, 1.807) is 0 Å². The van der Waals surface area contributed by atoms with E-state index in [1.165, 1.54) is 12.8 Å². The molecule has 0 heterocycles. The fourth-order valence-corrected chi connectivity index (χ4v) is 2.90. The average Bonchev–Trinajstić information content (AvgIpc) is 2.19. The molecule has 3 unspecified atom stereocenters. The molecule has 0 aromatic rings. The van der Waals surface area contributed by atoms with E-state index >= 15 is 0 Å². The van der Waals surface area contributed by atoms with E-state index in [-0.39, 0.29) is 11.3 Å². The number of hydrogen-bond donors (Lipinski definition) is 1. The fourth-order valence-electron chi connectivity index (χ4n) is 2.90. The van der Waals surface area contributed by atoms with Crippen LogP contribution >= 0.6 is 0 Å². The summed E-state index contributed by atoms with van der Waals surface area (Å²) in [4.78, 5) is 12.0. The molecule has 0 aromatic carbocycles. The Morgan fingerprint density at radius 2 is 2.29 bits per heavy atom. The first-order valence-corrected chi connectivity index (χ1v) is 5.63. The molecule has 0 aromatic heterocycles. The van der Waals surface area contributed by atoms with Gasteiger partial charge in [-0.3, -0.25) is 4.79 Å². The molecule has 3 aliphatic rings. The highest BCUT2D eigenvalue weighted by Crippen LogP contribution is 2.48. The average molecular weight is 193 g/mol.